The van der Waals surface area contributed by atoms with Gasteiger partial charge in [-0.3, -0.25) is 0 Å². The summed E-state index contributed by atoms with van der Waals surface area (Å²) >= 11 is 1.84. The molecule has 8 aromatic rings. The number of unbranched alkanes of at least 4 members (excludes halogenated alkanes) is 6. The fourth-order valence-corrected chi connectivity index (χ4v) is 8.88. The summed E-state index contributed by atoms with van der Waals surface area (Å²) < 4.78 is 0. The lowest BCUT2D eigenvalue weighted by molar-refractivity contribution is 0.667. The molecule has 0 aliphatic heterocycles. The summed E-state index contributed by atoms with van der Waals surface area (Å²) in [6, 6.07) is 53.2. The third kappa shape index (κ3) is 9.08. The Morgan fingerprint density at radius 1 is 0.386 bits per heavy atom. The van der Waals surface area contributed by atoms with E-state index < -0.39 is 0 Å². The van der Waals surface area contributed by atoms with Crippen LogP contribution >= 0.6 is 11.3 Å². The molecule has 1 heteroatoms. The van der Waals surface area contributed by atoms with Crippen LogP contribution in [0.25, 0.3) is 53.2 Å². The van der Waals surface area contributed by atoms with Crippen LogP contribution in [-0.4, -0.2) is 0 Å². The summed E-state index contributed by atoms with van der Waals surface area (Å²) in [4.78, 5) is 2.51. The lowest BCUT2D eigenvalue weighted by Gasteiger charge is -2.12. The molecule has 0 spiro atoms. The van der Waals surface area contributed by atoms with Crippen molar-refractivity contribution in [2.75, 3.05) is 0 Å². The van der Waals surface area contributed by atoms with Crippen LogP contribution < -0.4 is 0 Å². The average Bonchev–Trinajstić information content (AvgIpc) is 3.76. The zero-order valence-corrected chi connectivity index (χ0v) is 34.2. The zero-order valence-electron chi connectivity index (χ0n) is 33.3. The Morgan fingerprint density at radius 3 is 1.46 bits per heavy atom. The van der Waals surface area contributed by atoms with Crippen molar-refractivity contribution in [1.29, 1.82) is 0 Å². The van der Waals surface area contributed by atoms with Crippen LogP contribution in [0.2, 0.25) is 0 Å². The number of hydrogen-bond acceptors (Lipinski definition) is 1. The summed E-state index contributed by atoms with van der Waals surface area (Å²) in [5.74, 6) is 14.5. The van der Waals surface area contributed by atoms with E-state index in [9.17, 15) is 0 Å². The highest BCUT2D eigenvalue weighted by atomic mass is 32.1. The number of thiophene rings is 1. The molecule has 0 aliphatic rings. The maximum absolute atomic E-state index is 3.69. The monoisotopic (exact) mass is 754 g/mol. The van der Waals surface area contributed by atoms with E-state index >= 15 is 0 Å². The van der Waals surface area contributed by atoms with Gasteiger partial charge in [0.25, 0.3) is 0 Å². The van der Waals surface area contributed by atoms with Gasteiger partial charge in [0.15, 0.2) is 0 Å². The first-order valence-corrected chi connectivity index (χ1v) is 21.8. The molecule has 0 fully saturated rings. The fraction of sp³-hybridized carbons (Fsp3) is 0.214. The molecule has 0 bridgehead atoms. The predicted molar refractivity (Wildman–Crippen MR) is 248 cm³/mol. The smallest absolute Gasteiger partial charge is 0.0407 e. The van der Waals surface area contributed by atoms with Gasteiger partial charge in [0, 0.05) is 32.0 Å². The number of aryl methyl sites for hydroxylation is 2. The van der Waals surface area contributed by atoms with Gasteiger partial charge in [-0.05, 0) is 129 Å². The average molecular weight is 755 g/mol. The van der Waals surface area contributed by atoms with Gasteiger partial charge in [-0.15, -0.1) is 11.3 Å². The van der Waals surface area contributed by atoms with Gasteiger partial charge in [0.2, 0.25) is 0 Å². The Morgan fingerprint density at radius 2 is 0.877 bits per heavy atom. The van der Waals surface area contributed by atoms with Gasteiger partial charge in [-0.1, -0.05) is 173 Å². The van der Waals surface area contributed by atoms with Gasteiger partial charge in [-0.2, -0.15) is 0 Å². The molecule has 1 heterocycles. The van der Waals surface area contributed by atoms with Crippen molar-refractivity contribution in [2.45, 2.75) is 78.1 Å². The third-order valence-corrected chi connectivity index (χ3v) is 12.3. The first kappa shape index (κ1) is 38.0. The van der Waals surface area contributed by atoms with Crippen LogP contribution in [0, 0.1) is 23.7 Å². The van der Waals surface area contributed by atoms with Gasteiger partial charge < -0.3 is 0 Å². The molecule has 0 unspecified atom stereocenters. The quantitative estimate of drug-likeness (QED) is 0.0662. The SMILES string of the molecule is CCCCCCc1ccc(C#Cc2c3ccccc3c(C#Cc3ccc(CCCCCC)cc3)c3cc(-c4ccc(-c5ccc6ccccc6c5)s4)ccc23)cc1. The van der Waals surface area contributed by atoms with Crippen molar-refractivity contribution in [3.63, 3.8) is 0 Å². The second kappa shape index (κ2) is 18.4. The highest BCUT2D eigenvalue weighted by Crippen LogP contribution is 2.39. The topological polar surface area (TPSA) is 0 Å². The molecule has 0 amide bonds. The van der Waals surface area contributed by atoms with E-state index in [2.05, 4.69) is 183 Å². The van der Waals surface area contributed by atoms with Crippen LogP contribution in [0.3, 0.4) is 0 Å². The normalized spacial score (nSPS) is 11.1. The van der Waals surface area contributed by atoms with Crippen molar-refractivity contribution < 1.29 is 0 Å². The van der Waals surface area contributed by atoms with Crippen LogP contribution in [0.1, 0.15) is 98.6 Å². The molecule has 0 atom stereocenters. The molecular weight excluding hydrogens is 705 g/mol. The van der Waals surface area contributed by atoms with Crippen molar-refractivity contribution in [2.24, 2.45) is 0 Å². The number of fused-ring (bicyclic) bond motifs is 3. The lowest BCUT2D eigenvalue weighted by Crippen LogP contribution is -1.92. The van der Waals surface area contributed by atoms with E-state index in [1.54, 1.807) is 0 Å². The minimum absolute atomic E-state index is 1.04. The molecule has 0 N–H and O–H groups in total. The molecule has 0 aliphatic carbocycles. The summed E-state index contributed by atoms with van der Waals surface area (Å²) in [7, 11) is 0. The van der Waals surface area contributed by atoms with Crippen LogP contribution in [-0.2, 0) is 12.8 Å². The second-order valence-electron chi connectivity index (χ2n) is 15.3. The molecule has 280 valence electrons. The molecule has 57 heavy (non-hydrogen) atoms. The van der Waals surface area contributed by atoms with E-state index in [0.29, 0.717) is 0 Å². The molecule has 0 saturated heterocycles. The maximum Gasteiger partial charge on any atom is 0.0407 e. The molecule has 0 radical (unpaired) electrons. The largest absolute Gasteiger partial charge is 0.135 e. The van der Waals surface area contributed by atoms with Crippen LogP contribution in [0.4, 0.5) is 0 Å². The summed E-state index contributed by atoms with van der Waals surface area (Å²) in [5.41, 5.74) is 9.40. The minimum Gasteiger partial charge on any atom is -0.135 e. The minimum atomic E-state index is 1.04. The molecule has 8 rings (SSSR count). The Kier molecular flexibility index (Phi) is 12.3. The third-order valence-electron chi connectivity index (χ3n) is 11.2. The van der Waals surface area contributed by atoms with E-state index in [0.717, 1.165) is 56.6 Å². The summed E-state index contributed by atoms with van der Waals surface area (Å²) in [6.07, 6.45) is 12.5. The molecule has 0 nitrogen and oxygen atoms in total. The van der Waals surface area contributed by atoms with E-state index in [4.69, 9.17) is 0 Å². The predicted octanol–water partition coefficient (Wildman–Crippen LogP) is 15.6. The van der Waals surface area contributed by atoms with Crippen molar-refractivity contribution in [3.05, 3.63) is 179 Å². The molecule has 1 aromatic heterocycles. The first-order valence-electron chi connectivity index (χ1n) is 21.0. The van der Waals surface area contributed by atoms with Gasteiger partial charge in [0.1, 0.15) is 0 Å². The Bertz CT molecular complexity index is 2750. The first-order chi connectivity index (χ1) is 28.2. The highest BCUT2D eigenvalue weighted by Gasteiger charge is 2.14. The fourth-order valence-electron chi connectivity index (χ4n) is 7.88. The highest BCUT2D eigenvalue weighted by molar-refractivity contribution is 7.18. The van der Waals surface area contributed by atoms with Gasteiger partial charge in [-0.25, -0.2) is 0 Å². The number of rotatable bonds is 12. The number of benzene rings is 7. The van der Waals surface area contributed by atoms with Crippen molar-refractivity contribution >= 4 is 43.7 Å². The van der Waals surface area contributed by atoms with E-state index in [1.165, 1.54) is 94.1 Å². The van der Waals surface area contributed by atoms with Crippen molar-refractivity contribution in [1.82, 2.24) is 0 Å². The van der Waals surface area contributed by atoms with Gasteiger partial charge in [0.05, 0.1) is 0 Å². The van der Waals surface area contributed by atoms with E-state index in [1.807, 2.05) is 11.3 Å². The summed E-state index contributed by atoms with van der Waals surface area (Å²) in [5, 5.41) is 7.07. The number of hydrogen-bond donors (Lipinski definition) is 0. The zero-order chi connectivity index (χ0) is 38.8. The summed E-state index contributed by atoms with van der Waals surface area (Å²) in [6.45, 7) is 4.53. The Balaban J connectivity index is 1.19. The van der Waals surface area contributed by atoms with E-state index in [-0.39, 0.29) is 0 Å². The van der Waals surface area contributed by atoms with Crippen LogP contribution in [0.5, 0.6) is 0 Å². The standard InChI is InChI=1S/C56H50S/c1-3-5-7-9-15-41-21-25-43(26-22-41)29-34-51-49-19-13-14-20-50(49)52(35-30-44-27-23-42(24-28-44)16-10-8-6-4-2)54-40-48(33-36-53(51)54)56-38-37-55(57-56)47-32-31-45-17-11-12-18-46(45)39-47/h11-14,17-28,31-33,36-40H,3-10,15-16H2,1-2H3. The lowest BCUT2D eigenvalue weighted by atomic mass is 9.90. The second-order valence-corrected chi connectivity index (χ2v) is 16.4. The Hall–Kier alpha value is -5.86. The van der Waals surface area contributed by atoms with Crippen molar-refractivity contribution in [3.8, 4) is 44.6 Å². The van der Waals surface area contributed by atoms with Gasteiger partial charge >= 0.3 is 0 Å². The molecular formula is C56H50S. The molecule has 0 saturated carbocycles. The Labute approximate surface area is 343 Å². The maximum atomic E-state index is 3.69. The van der Waals surface area contributed by atoms with Crippen LogP contribution in [0.15, 0.2) is 146 Å². The molecule has 7 aromatic carbocycles.